The molecule has 0 radical (unpaired) electrons. The average Bonchev–Trinajstić information content (AvgIpc) is 2.88. The quantitative estimate of drug-likeness (QED) is 0.485. The molecule has 0 aliphatic heterocycles. The number of sulfonamides is 1. The summed E-state index contributed by atoms with van der Waals surface area (Å²) in [7, 11) is -3.97. The van der Waals surface area contributed by atoms with E-state index in [0.29, 0.717) is 0 Å². The predicted molar refractivity (Wildman–Crippen MR) is 80.2 cm³/mol. The normalized spacial score (nSPS) is 14.4. The molecule has 0 saturated carbocycles. The van der Waals surface area contributed by atoms with Crippen LogP contribution in [0.3, 0.4) is 0 Å². The predicted octanol–water partition coefficient (Wildman–Crippen LogP) is 2.35. The van der Waals surface area contributed by atoms with Gasteiger partial charge in [0.15, 0.2) is 16.2 Å². The first-order chi connectivity index (χ1) is 10.5. The van der Waals surface area contributed by atoms with Gasteiger partial charge in [-0.2, -0.15) is 4.07 Å². The van der Waals surface area contributed by atoms with Gasteiger partial charge in [-0.05, 0) is 31.7 Å². The second kappa shape index (κ2) is 5.65. The van der Waals surface area contributed by atoms with Crippen LogP contribution in [-0.2, 0) is 22.9 Å². The van der Waals surface area contributed by atoms with Crippen LogP contribution in [0.4, 0.5) is 5.69 Å². The van der Waals surface area contributed by atoms with Crippen molar-refractivity contribution in [3.63, 3.8) is 0 Å². The standard InChI is InChI=1S/C13H13N3O4S2/c17-16(18)11-5-3-6-12(8-11)22(19,20)14-15-9-10-4-1-2-7-13(10)21-15/h3,5-6,8-9H,1-2,4,7H2. The van der Waals surface area contributed by atoms with Gasteiger partial charge in [-0.3, -0.25) is 10.1 Å². The molecule has 2 aromatic rings. The number of non-ortho nitro benzene ring substituents is 1. The first-order valence-corrected chi connectivity index (χ1v) is 8.93. The molecule has 7 nitrogen and oxygen atoms in total. The lowest BCUT2D eigenvalue weighted by Gasteiger charge is -2.11. The van der Waals surface area contributed by atoms with Crippen LogP contribution in [0, 0.1) is 10.1 Å². The molecule has 1 aromatic heterocycles. The minimum Gasteiger partial charge on any atom is -0.303 e. The molecule has 0 unspecified atom stereocenters. The third-order valence-corrected chi connectivity index (χ3v) is 5.85. The van der Waals surface area contributed by atoms with Gasteiger partial charge in [0.05, 0.1) is 14.7 Å². The second-order valence-electron chi connectivity index (χ2n) is 4.99. The molecule has 116 valence electrons. The van der Waals surface area contributed by atoms with Crippen molar-refractivity contribution < 1.29 is 17.4 Å². The Balaban J connectivity index is 1.88. The number of hydrogen-bond donors (Lipinski definition) is 0. The fourth-order valence-corrected chi connectivity index (χ4v) is 4.55. The van der Waals surface area contributed by atoms with Crippen molar-refractivity contribution in [2.45, 2.75) is 30.6 Å². The summed E-state index contributed by atoms with van der Waals surface area (Å²) in [6.07, 6.45) is 5.81. The second-order valence-corrected chi connectivity index (χ2v) is 7.62. The van der Waals surface area contributed by atoms with Crippen molar-refractivity contribution >= 4 is 27.2 Å². The maximum absolute atomic E-state index is 12.3. The molecule has 0 fully saturated rings. The average molecular weight is 339 g/mol. The number of nitrogens with zero attached hydrogens (tertiary/aromatic N) is 3. The Hall–Kier alpha value is -2.00. The van der Waals surface area contributed by atoms with Gasteiger partial charge in [0.25, 0.3) is 5.69 Å². The molecule has 9 heteroatoms. The molecule has 0 saturated heterocycles. The topological polar surface area (TPSA) is 95.3 Å². The summed E-state index contributed by atoms with van der Waals surface area (Å²) in [6.45, 7) is 0. The van der Waals surface area contributed by atoms with Crippen LogP contribution in [0.25, 0.3) is 4.83 Å². The summed E-state index contributed by atoms with van der Waals surface area (Å²) in [5, 5.41) is 10.7. The minimum atomic E-state index is -3.97. The number of aromatic nitrogens is 1. The van der Waals surface area contributed by atoms with Crippen molar-refractivity contribution in [2.75, 3.05) is 0 Å². The number of rotatable bonds is 4. The van der Waals surface area contributed by atoms with E-state index in [2.05, 4.69) is 4.83 Å². The highest BCUT2D eigenvalue weighted by Crippen LogP contribution is 2.25. The first kappa shape index (κ1) is 14.9. The molecular weight excluding hydrogens is 326 g/mol. The van der Waals surface area contributed by atoms with Gasteiger partial charge in [0.2, 0.25) is 0 Å². The molecule has 3 rings (SSSR count). The van der Waals surface area contributed by atoms with Crippen molar-refractivity contribution in [2.24, 2.45) is 0 Å². The molecule has 0 N–H and O–H groups in total. The van der Waals surface area contributed by atoms with Gasteiger partial charge >= 0.3 is 0 Å². The zero-order chi connectivity index (χ0) is 15.7. The van der Waals surface area contributed by atoms with Crippen LogP contribution in [0.2, 0.25) is 0 Å². The van der Waals surface area contributed by atoms with E-state index in [1.807, 2.05) is 0 Å². The molecule has 0 spiro atoms. The lowest BCUT2D eigenvalue weighted by atomic mass is 10.0. The Labute approximate surface area is 131 Å². The molecule has 1 aliphatic carbocycles. The highest BCUT2D eigenvalue weighted by atomic mass is 32.2. The number of fused-ring (bicyclic) bond motifs is 1. The smallest absolute Gasteiger partial charge is 0.270 e. The summed E-state index contributed by atoms with van der Waals surface area (Å²) in [4.78, 5) is 14.8. The molecule has 0 atom stereocenters. The fourth-order valence-electron chi connectivity index (χ4n) is 2.37. The summed E-state index contributed by atoms with van der Waals surface area (Å²) < 4.78 is 25.9. The molecule has 0 amide bonds. The Morgan fingerprint density at radius 2 is 2.05 bits per heavy atom. The van der Waals surface area contributed by atoms with E-state index in [1.165, 1.54) is 33.8 Å². The lowest BCUT2D eigenvalue weighted by molar-refractivity contribution is -0.539. The van der Waals surface area contributed by atoms with Crippen molar-refractivity contribution in [1.82, 2.24) is 0 Å². The zero-order valence-corrected chi connectivity index (χ0v) is 13.1. The highest BCUT2D eigenvalue weighted by Gasteiger charge is 2.20. The summed E-state index contributed by atoms with van der Waals surface area (Å²) in [5.74, 6) is 0. The van der Waals surface area contributed by atoms with E-state index >= 15 is 0 Å². The van der Waals surface area contributed by atoms with Crippen molar-refractivity contribution in [1.29, 1.82) is 0 Å². The Kier molecular flexibility index (Phi) is 3.83. The van der Waals surface area contributed by atoms with Gasteiger partial charge in [0.1, 0.15) is 11.5 Å². The molecule has 0 bridgehead atoms. The molecular formula is C13H13N3O4S2. The first-order valence-electron chi connectivity index (χ1n) is 6.72. The maximum Gasteiger partial charge on any atom is 0.270 e. The Morgan fingerprint density at radius 1 is 1.27 bits per heavy atom. The molecule has 1 aliphatic rings. The monoisotopic (exact) mass is 339 g/mol. The van der Waals surface area contributed by atoms with Crippen LogP contribution < -0.4 is 4.07 Å². The van der Waals surface area contributed by atoms with Gasteiger partial charge in [-0.1, -0.05) is 6.07 Å². The minimum absolute atomic E-state index is 0.180. The van der Waals surface area contributed by atoms with Crippen LogP contribution in [0.1, 0.15) is 23.3 Å². The summed E-state index contributed by atoms with van der Waals surface area (Å²) in [6, 6.07) is 4.91. The van der Waals surface area contributed by atoms with E-state index in [4.69, 9.17) is 0 Å². The van der Waals surface area contributed by atoms with Crippen LogP contribution in [-0.4, -0.2) is 13.3 Å². The van der Waals surface area contributed by atoms with Crippen LogP contribution in [0.15, 0.2) is 35.4 Å². The number of nitro benzene ring substituents is 1. The van der Waals surface area contributed by atoms with Gasteiger partial charge in [-0.15, -0.1) is 0 Å². The summed E-state index contributed by atoms with van der Waals surface area (Å²) >= 11 is 1.30. The van der Waals surface area contributed by atoms with Gasteiger partial charge in [0, 0.05) is 17.7 Å². The summed E-state index contributed by atoms with van der Waals surface area (Å²) in [5.41, 5.74) is 0.862. The third-order valence-electron chi connectivity index (χ3n) is 3.44. The fraction of sp³-hybridized carbons (Fsp3) is 0.308. The van der Waals surface area contributed by atoms with Crippen LogP contribution in [0.5, 0.6) is 0 Å². The van der Waals surface area contributed by atoms with E-state index < -0.39 is 14.9 Å². The van der Waals surface area contributed by atoms with Crippen molar-refractivity contribution in [3.05, 3.63) is 55.8 Å². The number of benzene rings is 1. The Bertz CT molecular complexity index is 806. The van der Waals surface area contributed by atoms with E-state index in [9.17, 15) is 18.5 Å². The van der Waals surface area contributed by atoms with E-state index in [0.717, 1.165) is 42.2 Å². The largest absolute Gasteiger partial charge is 0.303 e. The molecule has 1 heterocycles. The van der Waals surface area contributed by atoms with Gasteiger partial charge in [-0.25, -0.2) is 8.42 Å². The van der Waals surface area contributed by atoms with E-state index in [1.54, 1.807) is 6.20 Å². The van der Waals surface area contributed by atoms with E-state index in [-0.39, 0.29) is 10.6 Å². The number of aryl methyl sites for hydroxylation is 2. The lowest BCUT2D eigenvalue weighted by Crippen LogP contribution is -2.26. The maximum atomic E-state index is 12.3. The highest BCUT2D eigenvalue weighted by molar-refractivity contribution is 7.93. The zero-order valence-electron chi connectivity index (χ0n) is 11.5. The number of hydrogen-bond acceptors (Lipinski definition) is 5. The third kappa shape index (κ3) is 2.95. The van der Waals surface area contributed by atoms with Crippen molar-refractivity contribution in [3.8, 4) is 0 Å². The SMILES string of the molecule is O=[N+]([O-])c1cccc(S(=O)(=O)[N-][n+]2cc3c(s2)CCCC3)c1. The van der Waals surface area contributed by atoms with Crippen LogP contribution >= 0.6 is 11.5 Å². The van der Waals surface area contributed by atoms with Gasteiger partial charge < -0.3 is 4.83 Å². The molecule has 1 aromatic carbocycles. The molecule has 22 heavy (non-hydrogen) atoms. The number of nitro groups is 1. The Morgan fingerprint density at radius 3 is 2.77 bits per heavy atom.